The lowest BCUT2D eigenvalue weighted by Crippen LogP contribution is -2.07. The lowest BCUT2D eigenvalue weighted by atomic mass is 10.2. The number of pyridine rings is 1. The number of aromatic nitrogens is 1. The molecule has 5 heteroatoms. The van der Waals surface area contributed by atoms with Gasteiger partial charge in [0.1, 0.15) is 6.61 Å². The van der Waals surface area contributed by atoms with Gasteiger partial charge in [-0.3, -0.25) is 0 Å². The maximum absolute atomic E-state index is 11.7. The molecular weight excluding hydrogens is 282 g/mol. The molecule has 1 aromatic heterocycles. The number of carbonyl (C=O) groups is 1. The van der Waals surface area contributed by atoms with Crippen molar-refractivity contribution < 1.29 is 9.53 Å². The Bertz CT molecular complexity index is 548. The molecule has 3 nitrogen and oxygen atoms in total. The maximum atomic E-state index is 11.7. The first-order valence-corrected chi connectivity index (χ1v) is 7.08. The van der Waals surface area contributed by atoms with Crippen molar-refractivity contribution in [2.24, 2.45) is 0 Å². The smallest absolute Gasteiger partial charge is 0.338 e. The van der Waals surface area contributed by atoms with E-state index in [4.69, 9.17) is 16.3 Å². The minimum absolute atomic E-state index is 0.340. The van der Waals surface area contributed by atoms with E-state index in [1.165, 1.54) is 0 Å². The first-order valence-electron chi connectivity index (χ1n) is 5.72. The van der Waals surface area contributed by atoms with E-state index in [0.717, 1.165) is 5.03 Å². The highest BCUT2D eigenvalue weighted by Gasteiger charge is 2.07. The van der Waals surface area contributed by atoms with Crippen LogP contribution in [0.4, 0.5) is 0 Å². The van der Waals surface area contributed by atoms with Crippen LogP contribution in [0.2, 0.25) is 5.02 Å². The summed E-state index contributed by atoms with van der Waals surface area (Å²) in [7, 11) is 0. The van der Waals surface area contributed by atoms with Crippen molar-refractivity contribution >= 4 is 29.3 Å². The van der Waals surface area contributed by atoms with Gasteiger partial charge in [0.2, 0.25) is 0 Å². The standard InChI is InChI=1S/C14H12ClNO2S/c15-12-5-3-4-11(10-12)14(17)18-8-9-19-13-6-1-2-7-16-13/h1-7,10H,8-9H2. The third-order valence-corrected chi connectivity index (χ3v) is 3.41. The Labute approximate surface area is 121 Å². The number of halogens is 1. The van der Waals surface area contributed by atoms with E-state index in [0.29, 0.717) is 22.9 Å². The predicted molar refractivity (Wildman–Crippen MR) is 76.7 cm³/mol. The van der Waals surface area contributed by atoms with Gasteiger partial charge in [-0.2, -0.15) is 0 Å². The summed E-state index contributed by atoms with van der Waals surface area (Å²) < 4.78 is 5.16. The van der Waals surface area contributed by atoms with Crippen molar-refractivity contribution in [2.45, 2.75) is 5.03 Å². The number of carbonyl (C=O) groups excluding carboxylic acids is 1. The molecule has 0 aliphatic carbocycles. The van der Waals surface area contributed by atoms with Crippen LogP contribution in [-0.2, 0) is 4.74 Å². The van der Waals surface area contributed by atoms with Crippen LogP contribution in [0, 0.1) is 0 Å². The van der Waals surface area contributed by atoms with Crippen LogP contribution in [0.5, 0.6) is 0 Å². The zero-order valence-corrected chi connectivity index (χ0v) is 11.7. The fourth-order valence-corrected chi connectivity index (χ4v) is 2.29. The molecule has 0 unspecified atom stereocenters. The summed E-state index contributed by atoms with van der Waals surface area (Å²) in [6.07, 6.45) is 1.74. The fourth-order valence-electron chi connectivity index (χ4n) is 1.41. The van der Waals surface area contributed by atoms with Crippen LogP contribution < -0.4 is 0 Å². The van der Waals surface area contributed by atoms with Gasteiger partial charge in [0, 0.05) is 17.0 Å². The second kappa shape index (κ2) is 7.16. The Morgan fingerprint density at radius 3 is 2.89 bits per heavy atom. The predicted octanol–water partition coefficient (Wildman–Crippen LogP) is 3.68. The van der Waals surface area contributed by atoms with Gasteiger partial charge in [0.15, 0.2) is 0 Å². The van der Waals surface area contributed by atoms with Crippen molar-refractivity contribution in [3.05, 3.63) is 59.2 Å². The Balaban J connectivity index is 1.75. The molecule has 0 spiro atoms. The molecule has 0 aliphatic rings. The van der Waals surface area contributed by atoms with E-state index >= 15 is 0 Å². The molecule has 0 atom stereocenters. The largest absolute Gasteiger partial charge is 0.461 e. The summed E-state index contributed by atoms with van der Waals surface area (Å²) in [4.78, 5) is 15.9. The third kappa shape index (κ3) is 4.58. The molecule has 1 heterocycles. The highest BCUT2D eigenvalue weighted by atomic mass is 35.5. The van der Waals surface area contributed by atoms with Crippen molar-refractivity contribution in [3.63, 3.8) is 0 Å². The second-order valence-electron chi connectivity index (χ2n) is 3.66. The molecule has 2 rings (SSSR count). The van der Waals surface area contributed by atoms with Gasteiger partial charge in [-0.1, -0.05) is 23.7 Å². The van der Waals surface area contributed by atoms with Gasteiger partial charge < -0.3 is 4.74 Å². The van der Waals surface area contributed by atoms with E-state index in [1.807, 2.05) is 18.2 Å². The van der Waals surface area contributed by atoms with Crippen LogP contribution in [0.3, 0.4) is 0 Å². The molecular formula is C14H12ClNO2S. The number of thioether (sulfide) groups is 1. The average molecular weight is 294 g/mol. The summed E-state index contributed by atoms with van der Waals surface area (Å²) in [6.45, 7) is 0.340. The van der Waals surface area contributed by atoms with E-state index < -0.39 is 0 Å². The van der Waals surface area contributed by atoms with Crippen molar-refractivity contribution in [1.29, 1.82) is 0 Å². The van der Waals surface area contributed by atoms with Gasteiger partial charge in [0.25, 0.3) is 0 Å². The van der Waals surface area contributed by atoms with E-state index in [2.05, 4.69) is 4.98 Å². The molecule has 0 aliphatic heterocycles. The summed E-state index contributed by atoms with van der Waals surface area (Å²) in [5.74, 6) is 0.313. The molecule has 0 fully saturated rings. The van der Waals surface area contributed by atoms with Gasteiger partial charge in [-0.15, -0.1) is 11.8 Å². The van der Waals surface area contributed by atoms with Gasteiger partial charge >= 0.3 is 5.97 Å². The molecule has 19 heavy (non-hydrogen) atoms. The van der Waals surface area contributed by atoms with Crippen LogP contribution in [0.25, 0.3) is 0 Å². The third-order valence-electron chi connectivity index (χ3n) is 2.26. The molecule has 0 bridgehead atoms. The van der Waals surface area contributed by atoms with E-state index in [1.54, 1.807) is 42.2 Å². The lowest BCUT2D eigenvalue weighted by molar-refractivity contribution is 0.0530. The fraction of sp³-hybridized carbons (Fsp3) is 0.143. The van der Waals surface area contributed by atoms with Gasteiger partial charge in [0.05, 0.1) is 10.6 Å². The molecule has 0 saturated carbocycles. The number of esters is 1. The molecule has 0 saturated heterocycles. The molecule has 0 amide bonds. The van der Waals surface area contributed by atoms with Gasteiger partial charge in [-0.05, 0) is 30.3 Å². The monoisotopic (exact) mass is 293 g/mol. The summed E-state index contributed by atoms with van der Waals surface area (Å²) in [5.41, 5.74) is 0.468. The number of rotatable bonds is 5. The molecule has 0 N–H and O–H groups in total. The first-order chi connectivity index (χ1) is 9.25. The number of hydrogen-bond donors (Lipinski definition) is 0. The molecule has 1 aromatic carbocycles. The van der Waals surface area contributed by atoms with Crippen LogP contribution in [0.15, 0.2) is 53.7 Å². The highest BCUT2D eigenvalue weighted by molar-refractivity contribution is 7.99. The first kappa shape index (κ1) is 13.9. The van der Waals surface area contributed by atoms with Crippen LogP contribution in [-0.4, -0.2) is 23.3 Å². The summed E-state index contributed by atoms with van der Waals surface area (Å²) in [5, 5.41) is 1.44. The minimum atomic E-state index is -0.357. The van der Waals surface area contributed by atoms with Crippen LogP contribution >= 0.6 is 23.4 Å². The second-order valence-corrected chi connectivity index (χ2v) is 5.21. The average Bonchev–Trinajstić information content (AvgIpc) is 2.44. The summed E-state index contributed by atoms with van der Waals surface area (Å²) >= 11 is 7.36. The zero-order chi connectivity index (χ0) is 13.5. The number of benzene rings is 1. The lowest BCUT2D eigenvalue weighted by Gasteiger charge is -2.04. The Morgan fingerprint density at radius 2 is 2.16 bits per heavy atom. The SMILES string of the molecule is O=C(OCCSc1ccccn1)c1cccc(Cl)c1. The number of nitrogens with zero attached hydrogens (tertiary/aromatic N) is 1. The quantitative estimate of drug-likeness (QED) is 0.479. The minimum Gasteiger partial charge on any atom is -0.461 e. The maximum Gasteiger partial charge on any atom is 0.338 e. The van der Waals surface area contributed by atoms with E-state index in [-0.39, 0.29) is 5.97 Å². The number of ether oxygens (including phenoxy) is 1. The Hall–Kier alpha value is -1.52. The van der Waals surface area contributed by atoms with Gasteiger partial charge in [-0.25, -0.2) is 9.78 Å². The molecule has 98 valence electrons. The van der Waals surface area contributed by atoms with E-state index in [9.17, 15) is 4.79 Å². The van der Waals surface area contributed by atoms with Crippen molar-refractivity contribution in [3.8, 4) is 0 Å². The van der Waals surface area contributed by atoms with Crippen molar-refractivity contribution in [1.82, 2.24) is 4.98 Å². The number of hydrogen-bond acceptors (Lipinski definition) is 4. The molecule has 2 aromatic rings. The van der Waals surface area contributed by atoms with Crippen molar-refractivity contribution in [2.75, 3.05) is 12.4 Å². The zero-order valence-electron chi connectivity index (χ0n) is 10.1. The Kier molecular flexibility index (Phi) is 5.24. The highest BCUT2D eigenvalue weighted by Crippen LogP contribution is 2.14. The normalized spacial score (nSPS) is 10.2. The molecule has 0 radical (unpaired) electrons. The summed E-state index contributed by atoms with van der Waals surface area (Å²) in [6, 6.07) is 12.4. The topological polar surface area (TPSA) is 39.2 Å². The van der Waals surface area contributed by atoms with Crippen LogP contribution in [0.1, 0.15) is 10.4 Å². The Morgan fingerprint density at radius 1 is 1.26 bits per heavy atom.